The van der Waals surface area contributed by atoms with E-state index in [1.54, 1.807) is 26.0 Å². The summed E-state index contributed by atoms with van der Waals surface area (Å²) in [5, 5.41) is 0. The maximum atomic E-state index is 12.1. The lowest BCUT2D eigenvalue weighted by Gasteiger charge is -2.14. The van der Waals surface area contributed by atoms with E-state index in [-0.39, 0.29) is 6.67 Å². The van der Waals surface area contributed by atoms with E-state index >= 15 is 0 Å². The summed E-state index contributed by atoms with van der Waals surface area (Å²) < 4.78 is 22.8. The van der Waals surface area contributed by atoms with Crippen molar-refractivity contribution in [3.8, 4) is 11.5 Å². The molecule has 0 radical (unpaired) electrons. The Labute approximate surface area is 112 Å². The smallest absolute Gasteiger partial charge is 0.174 e. The second-order valence-electron chi connectivity index (χ2n) is 3.76. The Morgan fingerprint density at radius 1 is 1.28 bits per heavy atom. The Morgan fingerprint density at radius 3 is 2.61 bits per heavy atom. The van der Waals surface area contributed by atoms with Crippen molar-refractivity contribution in [2.75, 3.05) is 33.2 Å². The topological polar surface area (TPSA) is 44.5 Å². The van der Waals surface area contributed by atoms with Crippen LogP contribution in [-0.4, -0.2) is 33.2 Å². The van der Waals surface area contributed by atoms with Crippen LogP contribution in [0.5, 0.6) is 11.5 Å². The van der Waals surface area contributed by atoms with Crippen LogP contribution in [0.15, 0.2) is 17.0 Å². The van der Waals surface area contributed by atoms with Gasteiger partial charge in [0.2, 0.25) is 0 Å². The molecule has 0 saturated heterocycles. The average Bonchev–Trinajstić information content (AvgIpc) is 2.39. The number of ether oxygens (including phenoxy) is 2. The Kier molecular flexibility index (Phi) is 6.90. The van der Waals surface area contributed by atoms with Gasteiger partial charge in [-0.3, -0.25) is 4.39 Å². The molecule has 0 aliphatic heterocycles. The van der Waals surface area contributed by atoms with E-state index in [1.807, 2.05) is 12.1 Å². The molecule has 0 heterocycles. The van der Waals surface area contributed by atoms with E-state index < -0.39 is 0 Å². The molecule has 0 aliphatic carbocycles. The zero-order valence-corrected chi connectivity index (χ0v) is 11.7. The number of alkyl halides is 1. The predicted molar refractivity (Wildman–Crippen MR) is 73.6 cm³/mol. The third-order valence-electron chi connectivity index (χ3n) is 2.47. The summed E-state index contributed by atoms with van der Waals surface area (Å²) in [5.41, 5.74) is 6.68. The molecule has 0 atom stereocenters. The molecule has 102 valence electrons. The minimum absolute atomic E-state index is 0.297. The molecule has 1 rings (SSSR count). The minimum atomic E-state index is -0.297. The van der Waals surface area contributed by atoms with E-state index in [0.717, 1.165) is 22.6 Å². The zero-order valence-electron chi connectivity index (χ0n) is 10.9. The third kappa shape index (κ3) is 4.07. The normalized spacial score (nSPS) is 10.4. The second kappa shape index (κ2) is 8.21. The van der Waals surface area contributed by atoms with E-state index in [4.69, 9.17) is 15.2 Å². The van der Waals surface area contributed by atoms with Crippen LogP contribution in [0.25, 0.3) is 0 Å². The molecule has 0 aromatic heterocycles. The first-order chi connectivity index (χ1) is 8.76. The summed E-state index contributed by atoms with van der Waals surface area (Å²) in [6.07, 6.45) is 1.33. The van der Waals surface area contributed by atoms with Crippen molar-refractivity contribution in [3.05, 3.63) is 17.7 Å². The van der Waals surface area contributed by atoms with E-state index in [9.17, 15) is 4.39 Å². The number of nitrogens with two attached hydrogens (primary N) is 1. The van der Waals surface area contributed by atoms with Crippen LogP contribution >= 0.6 is 11.8 Å². The highest BCUT2D eigenvalue weighted by atomic mass is 32.2. The summed E-state index contributed by atoms with van der Waals surface area (Å²) in [4.78, 5) is 0.980. The van der Waals surface area contributed by atoms with Crippen molar-refractivity contribution in [2.45, 2.75) is 17.7 Å². The molecule has 5 heteroatoms. The van der Waals surface area contributed by atoms with E-state index in [0.29, 0.717) is 24.5 Å². The fraction of sp³-hybridized carbons (Fsp3) is 0.538. The van der Waals surface area contributed by atoms with Crippen LogP contribution in [0, 0.1) is 0 Å². The van der Waals surface area contributed by atoms with Gasteiger partial charge < -0.3 is 15.2 Å². The molecule has 1 aromatic rings. The molecular weight excluding hydrogens is 253 g/mol. The van der Waals surface area contributed by atoms with Gasteiger partial charge in [-0.2, -0.15) is 0 Å². The second-order valence-corrected chi connectivity index (χ2v) is 4.90. The standard InChI is InChI=1S/C13H20FNO2S/c1-16-11-8-10(4-6-15)9-12(13(11)17-2)18-7-3-5-14/h8-9H,3-7,15H2,1-2H3. The number of halogens is 1. The van der Waals surface area contributed by atoms with Crippen LogP contribution < -0.4 is 15.2 Å². The molecule has 0 amide bonds. The molecule has 0 bridgehead atoms. The molecule has 0 fully saturated rings. The van der Waals surface area contributed by atoms with Crippen molar-refractivity contribution >= 4 is 11.8 Å². The van der Waals surface area contributed by atoms with Crippen molar-refractivity contribution in [1.29, 1.82) is 0 Å². The molecule has 0 spiro atoms. The minimum Gasteiger partial charge on any atom is -0.493 e. The number of methoxy groups -OCH3 is 2. The number of thioether (sulfide) groups is 1. The quantitative estimate of drug-likeness (QED) is 0.584. The molecule has 0 aliphatic rings. The zero-order chi connectivity index (χ0) is 13.4. The Balaban J connectivity index is 2.97. The van der Waals surface area contributed by atoms with Crippen molar-refractivity contribution in [2.24, 2.45) is 5.73 Å². The molecule has 1 aromatic carbocycles. The lowest BCUT2D eigenvalue weighted by Crippen LogP contribution is -2.04. The maximum Gasteiger partial charge on any atom is 0.174 e. The Bertz CT molecular complexity index is 374. The number of rotatable bonds is 8. The van der Waals surface area contributed by atoms with Gasteiger partial charge in [0.25, 0.3) is 0 Å². The molecule has 2 N–H and O–H groups in total. The maximum absolute atomic E-state index is 12.1. The largest absolute Gasteiger partial charge is 0.493 e. The van der Waals surface area contributed by atoms with Gasteiger partial charge in [-0.15, -0.1) is 11.8 Å². The van der Waals surface area contributed by atoms with Crippen LogP contribution in [0.1, 0.15) is 12.0 Å². The van der Waals surface area contributed by atoms with Gasteiger partial charge in [0, 0.05) is 5.75 Å². The van der Waals surface area contributed by atoms with Crippen LogP contribution in [-0.2, 0) is 6.42 Å². The van der Waals surface area contributed by atoms with Crippen molar-refractivity contribution in [1.82, 2.24) is 0 Å². The molecule has 18 heavy (non-hydrogen) atoms. The molecule has 0 saturated carbocycles. The van der Waals surface area contributed by atoms with Gasteiger partial charge in [-0.25, -0.2) is 0 Å². The highest BCUT2D eigenvalue weighted by molar-refractivity contribution is 7.99. The third-order valence-corrected chi connectivity index (χ3v) is 3.58. The summed E-state index contributed by atoms with van der Waals surface area (Å²) in [6, 6.07) is 3.97. The van der Waals surface area contributed by atoms with Gasteiger partial charge in [0.15, 0.2) is 11.5 Å². The molecule has 0 unspecified atom stereocenters. The highest BCUT2D eigenvalue weighted by Crippen LogP contribution is 2.39. The lowest BCUT2D eigenvalue weighted by atomic mass is 10.1. The first-order valence-electron chi connectivity index (χ1n) is 5.90. The van der Waals surface area contributed by atoms with Gasteiger partial charge in [0.05, 0.1) is 25.8 Å². The lowest BCUT2D eigenvalue weighted by molar-refractivity contribution is 0.347. The Hall–Kier alpha value is -0.940. The van der Waals surface area contributed by atoms with Gasteiger partial charge >= 0.3 is 0 Å². The Morgan fingerprint density at radius 2 is 2.06 bits per heavy atom. The predicted octanol–water partition coefficient (Wildman–Crippen LogP) is 2.66. The van der Waals surface area contributed by atoms with E-state index in [2.05, 4.69) is 0 Å². The fourth-order valence-corrected chi connectivity index (χ4v) is 2.66. The number of benzene rings is 1. The molecular formula is C13H20FNO2S. The summed E-state index contributed by atoms with van der Waals surface area (Å²) in [7, 11) is 3.22. The van der Waals surface area contributed by atoms with Crippen LogP contribution in [0.4, 0.5) is 4.39 Å². The van der Waals surface area contributed by atoms with Crippen molar-refractivity contribution in [3.63, 3.8) is 0 Å². The van der Waals surface area contributed by atoms with Crippen LogP contribution in [0.2, 0.25) is 0 Å². The van der Waals surface area contributed by atoms with Crippen molar-refractivity contribution < 1.29 is 13.9 Å². The average molecular weight is 273 g/mol. The van der Waals surface area contributed by atoms with Gasteiger partial charge in [-0.1, -0.05) is 0 Å². The monoisotopic (exact) mass is 273 g/mol. The first-order valence-corrected chi connectivity index (χ1v) is 6.89. The highest BCUT2D eigenvalue weighted by Gasteiger charge is 2.12. The number of hydrogen-bond acceptors (Lipinski definition) is 4. The fourth-order valence-electron chi connectivity index (χ4n) is 1.64. The number of hydrogen-bond donors (Lipinski definition) is 1. The summed E-state index contributed by atoms with van der Waals surface area (Å²) >= 11 is 1.58. The SMILES string of the molecule is COc1cc(CCN)cc(SCCCF)c1OC. The first kappa shape index (κ1) is 15.1. The summed E-state index contributed by atoms with van der Waals surface area (Å²) in [6.45, 7) is 0.291. The molecule has 3 nitrogen and oxygen atoms in total. The van der Waals surface area contributed by atoms with Crippen LogP contribution in [0.3, 0.4) is 0 Å². The van der Waals surface area contributed by atoms with E-state index in [1.165, 1.54) is 0 Å². The van der Waals surface area contributed by atoms with Gasteiger partial charge in [0.1, 0.15) is 0 Å². The summed E-state index contributed by atoms with van der Waals surface area (Å²) in [5.74, 6) is 2.13. The van der Waals surface area contributed by atoms with Gasteiger partial charge in [-0.05, 0) is 37.1 Å².